The van der Waals surface area contributed by atoms with Crippen molar-refractivity contribution in [1.82, 2.24) is 10.2 Å². The highest BCUT2D eigenvalue weighted by Gasteiger charge is 2.08. The summed E-state index contributed by atoms with van der Waals surface area (Å²) in [5, 5.41) is 4.03. The topological polar surface area (TPSA) is 61.8 Å². The van der Waals surface area contributed by atoms with Gasteiger partial charge in [0.1, 0.15) is 0 Å². The van der Waals surface area contributed by atoms with Gasteiger partial charge in [-0.05, 0) is 48.7 Å². The first kappa shape index (κ1) is 24.7. The lowest BCUT2D eigenvalue weighted by molar-refractivity contribution is 0.477. The fraction of sp³-hybridized carbons (Fsp3) is 0.350. The van der Waals surface area contributed by atoms with Gasteiger partial charge in [0.25, 0.3) is 0 Å². The second kappa shape index (κ2) is 11.6. The average molecular weight is 536 g/mol. The third-order valence-corrected chi connectivity index (χ3v) is 5.42. The second-order valence-electron chi connectivity index (χ2n) is 6.38. The number of halogens is 2. The smallest absolute Gasteiger partial charge is 0.193 e. The monoisotopic (exact) mass is 535 g/mol. The highest BCUT2D eigenvalue weighted by Crippen LogP contribution is 2.12. The average Bonchev–Trinajstić information content (AvgIpc) is 2.62. The van der Waals surface area contributed by atoms with Crippen molar-refractivity contribution in [2.75, 3.05) is 26.4 Å². The molecule has 0 spiro atoms. The van der Waals surface area contributed by atoms with Crippen LogP contribution in [0.5, 0.6) is 0 Å². The van der Waals surface area contributed by atoms with Gasteiger partial charge >= 0.3 is 0 Å². The van der Waals surface area contributed by atoms with E-state index in [1.807, 2.05) is 50.4 Å². The van der Waals surface area contributed by atoms with Crippen LogP contribution in [0.1, 0.15) is 18.1 Å². The Morgan fingerprint density at radius 3 is 2.18 bits per heavy atom. The minimum Gasteiger partial charge on any atom is -0.357 e. The summed E-state index contributed by atoms with van der Waals surface area (Å²) in [5.41, 5.74) is 2.21. The Labute approximate surface area is 190 Å². The Morgan fingerprint density at radius 1 is 1.07 bits per heavy atom. The van der Waals surface area contributed by atoms with Crippen LogP contribution < -0.4 is 5.32 Å². The Morgan fingerprint density at radius 2 is 1.64 bits per heavy atom. The summed E-state index contributed by atoms with van der Waals surface area (Å²) >= 11 is 5.94. The Bertz CT molecular complexity index is 869. The van der Waals surface area contributed by atoms with Gasteiger partial charge in [-0.3, -0.25) is 4.99 Å². The van der Waals surface area contributed by atoms with E-state index >= 15 is 0 Å². The van der Waals surface area contributed by atoms with E-state index < -0.39 is 9.84 Å². The summed E-state index contributed by atoms with van der Waals surface area (Å²) in [6.45, 7) is 4.17. The first-order valence-electron chi connectivity index (χ1n) is 8.82. The molecule has 154 valence electrons. The van der Waals surface area contributed by atoms with Crippen molar-refractivity contribution in [3.8, 4) is 0 Å². The number of guanidine groups is 1. The molecule has 0 saturated heterocycles. The van der Waals surface area contributed by atoms with E-state index in [1.54, 1.807) is 12.1 Å². The number of benzene rings is 2. The number of hydrogen-bond donors (Lipinski definition) is 1. The fourth-order valence-corrected chi connectivity index (χ4v) is 3.36. The molecule has 2 aromatic rings. The molecule has 0 heterocycles. The van der Waals surface area contributed by atoms with Gasteiger partial charge in [-0.1, -0.05) is 35.9 Å². The maximum absolute atomic E-state index is 11.5. The normalized spacial score (nSPS) is 11.6. The summed E-state index contributed by atoms with van der Waals surface area (Å²) < 4.78 is 23.0. The molecule has 0 unspecified atom stereocenters. The van der Waals surface area contributed by atoms with Crippen molar-refractivity contribution in [2.24, 2.45) is 4.99 Å². The molecule has 0 radical (unpaired) electrons. The number of hydrogen-bond acceptors (Lipinski definition) is 3. The minimum atomic E-state index is -3.16. The zero-order chi connectivity index (χ0) is 19.9. The molecular formula is C20H27ClIN3O2S. The van der Waals surface area contributed by atoms with Crippen molar-refractivity contribution >= 4 is 51.4 Å². The lowest BCUT2D eigenvalue weighted by atomic mass is 10.1. The molecule has 1 N–H and O–H groups in total. The molecule has 0 aliphatic heterocycles. The molecule has 0 aliphatic carbocycles. The van der Waals surface area contributed by atoms with E-state index in [0.717, 1.165) is 41.6 Å². The van der Waals surface area contributed by atoms with Gasteiger partial charge in [0, 0.05) is 38.0 Å². The van der Waals surface area contributed by atoms with Crippen LogP contribution in [0.15, 0.2) is 58.4 Å². The SMILES string of the molecule is CCNC(=NCCc1ccc(S(C)(=O)=O)cc1)N(C)Cc1ccc(Cl)cc1.I. The molecule has 0 fully saturated rings. The van der Waals surface area contributed by atoms with E-state index in [9.17, 15) is 8.42 Å². The summed E-state index contributed by atoms with van der Waals surface area (Å²) in [7, 11) is -1.16. The van der Waals surface area contributed by atoms with Crippen molar-refractivity contribution in [1.29, 1.82) is 0 Å². The molecule has 0 atom stereocenters. The summed E-state index contributed by atoms with van der Waals surface area (Å²) in [5.74, 6) is 0.834. The van der Waals surface area contributed by atoms with Gasteiger partial charge in [0.05, 0.1) is 4.90 Å². The van der Waals surface area contributed by atoms with Crippen LogP contribution in [0.3, 0.4) is 0 Å². The van der Waals surface area contributed by atoms with Crippen molar-refractivity contribution in [2.45, 2.75) is 24.8 Å². The lowest BCUT2D eigenvalue weighted by Crippen LogP contribution is -2.38. The predicted molar refractivity (Wildman–Crippen MR) is 128 cm³/mol. The highest BCUT2D eigenvalue weighted by atomic mass is 127. The summed E-state index contributed by atoms with van der Waals surface area (Å²) in [4.78, 5) is 7.09. The third-order valence-electron chi connectivity index (χ3n) is 4.04. The van der Waals surface area contributed by atoms with Crippen LogP contribution in [0.25, 0.3) is 0 Å². The van der Waals surface area contributed by atoms with Gasteiger partial charge in [0.15, 0.2) is 15.8 Å². The van der Waals surface area contributed by atoms with E-state index in [-0.39, 0.29) is 24.0 Å². The van der Waals surface area contributed by atoms with E-state index in [1.165, 1.54) is 6.26 Å². The van der Waals surface area contributed by atoms with Gasteiger partial charge in [-0.2, -0.15) is 0 Å². The molecule has 0 saturated carbocycles. The highest BCUT2D eigenvalue weighted by molar-refractivity contribution is 14.0. The number of rotatable bonds is 7. The number of sulfone groups is 1. The molecule has 0 aliphatic rings. The summed E-state index contributed by atoms with van der Waals surface area (Å²) in [6, 6.07) is 14.8. The Balaban J connectivity index is 0.00000392. The molecule has 2 aromatic carbocycles. The molecule has 0 amide bonds. The number of nitrogens with one attached hydrogen (secondary N) is 1. The Hall–Kier alpha value is -1.32. The summed E-state index contributed by atoms with van der Waals surface area (Å²) in [6.07, 6.45) is 1.96. The first-order valence-corrected chi connectivity index (χ1v) is 11.1. The molecule has 2 rings (SSSR count). The standard InChI is InChI=1S/C20H26ClN3O2S.HI/c1-4-22-20(24(2)15-17-5-9-18(21)10-6-17)23-14-13-16-7-11-19(12-8-16)27(3,25)26;/h5-12H,4,13-15H2,1-3H3,(H,22,23);1H. The van der Waals surface area contributed by atoms with Crippen LogP contribution in [0, 0.1) is 0 Å². The zero-order valence-electron chi connectivity index (χ0n) is 16.4. The van der Waals surface area contributed by atoms with Crippen LogP contribution >= 0.6 is 35.6 Å². The van der Waals surface area contributed by atoms with Crippen LogP contribution in [-0.2, 0) is 22.8 Å². The number of aliphatic imine (C=N–C) groups is 1. The van der Waals surface area contributed by atoms with E-state index in [2.05, 4.69) is 15.2 Å². The second-order valence-corrected chi connectivity index (χ2v) is 8.84. The quantitative estimate of drug-likeness (QED) is 0.331. The molecule has 0 aromatic heterocycles. The zero-order valence-corrected chi connectivity index (χ0v) is 20.3. The third kappa shape index (κ3) is 7.97. The van der Waals surface area contributed by atoms with Crippen LogP contribution in [0.2, 0.25) is 5.02 Å². The largest absolute Gasteiger partial charge is 0.357 e. The van der Waals surface area contributed by atoms with Crippen LogP contribution in [-0.4, -0.2) is 45.7 Å². The van der Waals surface area contributed by atoms with Gasteiger partial charge in [-0.25, -0.2) is 8.42 Å². The van der Waals surface area contributed by atoms with Crippen LogP contribution in [0.4, 0.5) is 0 Å². The van der Waals surface area contributed by atoms with Crippen molar-refractivity contribution in [3.63, 3.8) is 0 Å². The maximum Gasteiger partial charge on any atom is 0.193 e. The maximum atomic E-state index is 11.5. The molecule has 8 heteroatoms. The Kier molecular flexibility index (Phi) is 10.3. The van der Waals surface area contributed by atoms with Crippen molar-refractivity contribution in [3.05, 3.63) is 64.7 Å². The van der Waals surface area contributed by atoms with E-state index in [4.69, 9.17) is 11.6 Å². The molecule has 5 nitrogen and oxygen atoms in total. The molecular weight excluding hydrogens is 509 g/mol. The van der Waals surface area contributed by atoms with Gasteiger partial charge < -0.3 is 10.2 Å². The lowest BCUT2D eigenvalue weighted by Gasteiger charge is -2.22. The molecule has 0 bridgehead atoms. The van der Waals surface area contributed by atoms with Gasteiger partial charge in [-0.15, -0.1) is 24.0 Å². The minimum absolute atomic E-state index is 0. The van der Waals surface area contributed by atoms with Gasteiger partial charge in [0.2, 0.25) is 0 Å². The van der Waals surface area contributed by atoms with Crippen molar-refractivity contribution < 1.29 is 8.42 Å². The number of nitrogens with zero attached hydrogens (tertiary/aromatic N) is 2. The molecule has 28 heavy (non-hydrogen) atoms. The predicted octanol–water partition coefficient (Wildman–Crippen LogP) is 4.00. The van der Waals surface area contributed by atoms with E-state index in [0.29, 0.717) is 11.4 Å². The first-order chi connectivity index (χ1) is 12.8. The fourth-order valence-electron chi connectivity index (χ4n) is 2.60.